The first-order chi connectivity index (χ1) is 16.8. The topological polar surface area (TPSA) is 120 Å². The Morgan fingerprint density at radius 3 is 2.74 bits per heavy atom. The smallest absolute Gasteiger partial charge is 0.355 e. The summed E-state index contributed by atoms with van der Waals surface area (Å²) in [6.45, 7) is 6.26. The molecule has 0 saturated carbocycles. The van der Waals surface area contributed by atoms with Crippen molar-refractivity contribution >= 4 is 22.8 Å². The van der Waals surface area contributed by atoms with Crippen LogP contribution in [0.3, 0.4) is 0 Å². The van der Waals surface area contributed by atoms with Gasteiger partial charge in [0, 0.05) is 16.5 Å². The number of ether oxygens (including phenoxy) is 2. The molecule has 5 rings (SSSR count). The molecule has 3 aromatic rings. The van der Waals surface area contributed by atoms with Crippen molar-refractivity contribution in [2.45, 2.75) is 52.4 Å². The molecule has 2 aliphatic rings. The minimum absolute atomic E-state index is 0.0616. The maximum atomic E-state index is 13.6. The van der Waals surface area contributed by atoms with Crippen LogP contribution in [0.25, 0.3) is 22.3 Å². The average molecular weight is 478 g/mol. The monoisotopic (exact) mass is 477 g/mol. The van der Waals surface area contributed by atoms with Crippen LogP contribution in [-0.4, -0.2) is 39.7 Å². The molecule has 0 unspecified atom stereocenters. The van der Waals surface area contributed by atoms with E-state index in [4.69, 9.17) is 14.5 Å². The molecule has 1 atom stereocenters. The largest absolute Gasteiger partial charge is 0.508 e. The number of aryl methyl sites for hydroxylation is 1. The predicted molar refractivity (Wildman–Crippen MR) is 128 cm³/mol. The fourth-order valence-corrected chi connectivity index (χ4v) is 5.17. The van der Waals surface area contributed by atoms with Crippen LogP contribution in [0.1, 0.15) is 49.4 Å². The van der Waals surface area contributed by atoms with E-state index >= 15 is 0 Å². The number of hydrogen-bond donors (Lipinski definition) is 2. The number of fused-ring (bicyclic) bond motifs is 5. The van der Waals surface area contributed by atoms with Crippen LogP contribution in [0.4, 0.5) is 0 Å². The van der Waals surface area contributed by atoms with E-state index in [9.17, 15) is 19.5 Å². The lowest BCUT2D eigenvalue weighted by Gasteiger charge is -2.35. The SMILES string of the molecule is CCNCC(=O)O[C@]1(CC)C(=O)OCc2c1cc1n(c2=O)Cc2c-1nc1ccc(O)cc1c2CC. The number of phenolic OH excluding ortho intramolecular Hbond substituents is 1. The molecular formula is C26H27N3O6. The first-order valence-electron chi connectivity index (χ1n) is 11.9. The lowest BCUT2D eigenvalue weighted by Crippen LogP contribution is -2.48. The summed E-state index contributed by atoms with van der Waals surface area (Å²) in [5.41, 5.74) is 2.51. The molecule has 0 aliphatic carbocycles. The maximum Gasteiger partial charge on any atom is 0.355 e. The molecule has 0 spiro atoms. The number of carbonyl (C=O) groups is 2. The van der Waals surface area contributed by atoms with Crippen LogP contribution in [0, 0.1) is 0 Å². The Labute approximate surface area is 201 Å². The molecule has 35 heavy (non-hydrogen) atoms. The van der Waals surface area contributed by atoms with Crippen LogP contribution in [0.5, 0.6) is 5.75 Å². The van der Waals surface area contributed by atoms with E-state index in [0.717, 1.165) is 16.5 Å². The number of aromatic hydroxyl groups is 1. The van der Waals surface area contributed by atoms with Crippen LogP contribution in [-0.2, 0) is 44.2 Å². The van der Waals surface area contributed by atoms with Crippen molar-refractivity contribution in [1.82, 2.24) is 14.9 Å². The van der Waals surface area contributed by atoms with Crippen LogP contribution in [0.15, 0.2) is 29.1 Å². The Kier molecular flexibility index (Phi) is 5.59. The second-order valence-electron chi connectivity index (χ2n) is 8.80. The minimum atomic E-state index is -1.70. The highest BCUT2D eigenvalue weighted by Crippen LogP contribution is 2.42. The van der Waals surface area contributed by atoms with Crippen LogP contribution < -0.4 is 10.9 Å². The molecule has 182 valence electrons. The van der Waals surface area contributed by atoms with Gasteiger partial charge in [0.1, 0.15) is 12.4 Å². The van der Waals surface area contributed by atoms with Gasteiger partial charge in [-0.25, -0.2) is 9.78 Å². The first-order valence-corrected chi connectivity index (χ1v) is 11.9. The van der Waals surface area contributed by atoms with E-state index in [1.165, 1.54) is 0 Å². The Morgan fingerprint density at radius 2 is 2.03 bits per heavy atom. The van der Waals surface area contributed by atoms with E-state index < -0.39 is 17.5 Å². The molecule has 9 heteroatoms. The summed E-state index contributed by atoms with van der Waals surface area (Å²) in [4.78, 5) is 44.0. The summed E-state index contributed by atoms with van der Waals surface area (Å²) in [5.74, 6) is -1.13. The highest BCUT2D eigenvalue weighted by molar-refractivity contribution is 5.90. The third-order valence-corrected chi connectivity index (χ3v) is 6.92. The molecule has 2 N–H and O–H groups in total. The van der Waals surface area contributed by atoms with Crippen molar-refractivity contribution in [1.29, 1.82) is 0 Å². The third kappa shape index (κ3) is 3.41. The molecule has 9 nitrogen and oxygen atoms in total. The van der Waals surface area contributed by atoms with Gasteiger partial charge < -0.3 is 24.5 Å². The maximum absolute atomic E-state index is 13.6. The van der Waals surface area contributed by atoms with Gasteiger partial charge in [-0.1, -0.05) is 20.8 Å². The lowest BCUT2D eigenvalue weighted by molar-refractivity contribution is -0.189. The van der Waals surface area contributed by atoms with Gasteiger partial charge in [-0.3, -0.25) is 9.59 Å². The van der Waals surface area contributed by atoms with E-state index in [-0.39, 0.29) is 30.9 Å². The molecule has 0 saturated heterocycles. The molecule has 2 aromatic heterocycles. The Bertz CT molecular complexity index is 1440. The number of nitrogens with one attached hydrogen (secondary N) is 1. The number of pyridine rings is 2. The number of cyclic esters (lactones) is 1. The average Bonchev–Trinajstić information content (AvgIpc) is 3.21. The van der Waals surface area contributed by atoms with Crippen LogP contribution >= 0.6 is 0 Å². The molecule has 0 amide bonds. The number of esters is 2. The zero-order chi connectivity index (χ0) is 24.9. The molecule has 0 radical (unpaired) electrons. The fraction of sp³-hybridized carbons (Fsp3) is 0.385. The molecule has 1 aromatic carbocycles. The van der Waals surface area contributed by atoms with Crippen molar-refractivity contribution < 1.29 is 24.2 Å². The summed E-state index contributed by atoms with van der Waals surface area (Å²) >= 11 is 0. The second kappa shape index (κ2) is 8.49. The van der Waals surface area contributed by atoms with Gasteiger partial charge in [0.25, 0.3) is 5.56 Å². The molecule has 2 aliphatic heterocycles. The van der Waals surface area contributed by atoms with Gasteiger partial charge in [-0.2, -0.15) is 0 Å². The summed E-state index contributed by atoms with van der Waals surface area (Å²) in [7, 11) is 0. The number of phenols is 1. The van der Waals surface area contributed by atoms with Crippen molar-refractivity contribution in [3.63, 3.8) is 0 Å². The van der Waals surface area contributed by atoms with Crippen LogP contribution in [0.2, 0.25) is 0 Å². The molecule has 0 bridgehead atoms. The van der Waals surface area contributed by atoms with Crippen molar-refractivity contribution in [2.24, 2.45) is 0 Å². The van der Waals surface area contributed by atoms with E-state index in [2.05, 4.69) is 5.32 Å². The van der Waals surface area contributed by atoms with Gasteiger partial charge in [-0.15, -0.1) is 0 Å². The third-order valence-electron chi connectivity index (χ3n) is 6.92. The molecule has 4 heterocycles. The van der Waals surface area contributed by atoms with Crippen molar-refractivity contribution in [3.05, 3.63) is 56.9 Å². The number of aromatic nitrogens is 2. The van der Waals surface area contributed by atoms with Crippen molar-refractivity contribution in [3.8, 4) is 17.1 Å². The van der Waals surface area contributed by atoms with Gasteiger partial charge in [0.05, 0.1) is 35.6 Å². The number of nitrogens with zero attached hydrogens (tertiary/aromatic N) is 2. The summed E-state index contributed by atoms with van der Waals surface area (Å²) in [6, 6.07) is 6.78. The number of carbonyl (C=O) groups excluding carboxylic acids is 2. The summed E-state index contributed by atoms with van der Waals surface area (Å²) < 4.78 is 12.7. The van der Waals surface area contributed by atoms with Crippen molar-refractivity contribution in [2.75, 3.05) is 13.1 Å². The fourth-order valence-electron chi connectivity index (χ4n) is 5.17. The van der Waals surface area contributed by atoms with E-state index in [0.29, 0.717) is 47.5 Å². The molecule has 0 fully saturated rings. The summed E-state index contributed by atoms with van der Waals surface area (Å²) in [5, 5.41) is 13.8. The van der Waals surface area contributed by atoms with E-state index in [1.807, 2.05) is 13.8 Å². The Hall–Kier alpha value is -3.72. The first kappa shape index (κ1) is 23.0. The van der Waals surface area contributed by atoms with Gasteiger partial charge >= 0.3 is 11.9 Å². The predicted octanol–water partition coefficient (Wildman–Crippen LogP) is 2.51. The minimum Gasteiger partial charge on any atom is -0.508 e. The number of benzene rings is 1. The Morgan fingerprint density at radius 1 is 1.23 bits per heavy atom. The van der Waals surface area contributed by atoms with Gasteiger partial charge in [-0.05, 0) is 49.2 Å². The number of rotatable bonds is 6. The number of hydrogen-bond acceptors (Lipinski definition) is 8. The normalized spacial score (nSPS) is 18.1. The standard InChI is InChI=1S/C26H27N3O6/c1-4-15-16-9-14(30)7-8-20(16)28-23-17(15)12-29-21(23)10-19-18(24(29)32)13-34-25(33)26(19,5-2)35-22(31)11-27-6-3/h7-10,27,30H,4-6,11-13H2,1-3H3/t26-/m0/s1. The highest BCUT2D eigenvalue weighted by Gasteiger charge is 2.50. The quantitative estimate of drug-likeness (QED) is 0.407. The van der Waals surface area contributed by atoms with Gasteiger partial charge in [0.15, 0.2) is 0 Å². The Balaban J connectivity index is 1.73. The number of likely N-dealkylation sites (N-methyl/N-ethyl adjacent to an activating group) is 1. The lowest BCUT2D eigenvalue weighted by atomic mass is 9.85. The van der Waals surface area contributed by atoms with Gasteiger partial charge in [0.2, 0.25) is 5.60 Å². The second-order valence-corrected chi connectivity index (χ2v) is 8.80. The highest BCUT2D eigenvalue weighted by atomic mass is 16.6. The van der Waals surface area contributed by atoms with E-state index in [1.54, 1.807) is 35.8 Å². The zero-order valence-corrected chi connectivity index (χ0v) is 19.9. The summed E-state index contributed by atoms with van der Waals surface area (Å²) in [6.07, 6.45) is 0.812. The zero-order valence-electron chi connectivity index (χ0n) is 19.9. The molecular weight excluding hydrogens is 450 g/mol.